The van der Waals surface area contributed by atoms with Crippen LogP contribution in [-0.4, -0.2) is 23.2 Å². The maximum atomic E-state index is 9.27. The predicted octanol–water partition coefficient (Wildman–Crippen LogP) is 1.26. The number of ether oxygens (including phenoxy) is 2. The molecule has 0 fully saturated rings. The van der Waals surface area contributed by atoms with Crippen LogP contribution in [0.25, 0.3) is 11.3 Å². The van der Waals surface area contributed by atoms with Gasteiger partial charge in [0, 0.05) is 5.56 Å². The second-order valence-electron chi connectivity index (χ2n) is 4.61. The highest BCUT2D eigenvalue weighted by atomic mass is 16.6. The van der Waals surface area contributed by atoms with Gasteiger partial charge >= 0.3 is 0 Å². The Bertz CT molecular complexity index is 767. The third-order valence-corrected chi connectivity index (χ3v) is 3.21. The van der Waals surface area contributed by atoms with Crippen molar-refractivity contribution in [3.05, 3.63) is 23.3 Å². The molecule has 7 heteroatoms. The number of aryl methyl sites for hydroxylation is 1. The summed E-state index contributed by atoms with van der Waals surface area (Å²) in [6, 6.07) is 5.65. The smallest absolute Gasteiger partial charge is 0.222 e. The van der Waals surface area contributed by atoms with E-state index in [1.54, 1.807) is 6.07 Å². The molecular weight excluding hydrogens is 270 g/mol. The number of fused-ring (bicyclic) bond motifs is 1. The first kappa shape index (κ1) is 13.0. The van der Waals surface area contributed by atoms with Gasteiger partial charge in [0.1, 0.15) is 30.7 Å². The van der Waals surface area contributed by atoms with Gasteiger partial charge in [-0.15, -0.1) is 0 Å². The molecule has 0 radical (unpaired) electrons. The van der Waals surface area contributed by atoms with Crippen molar-refractivity contribution < 1.29 is 9.47 Å². The first-order chi connectivity index (χ1) is 10.1. The van der Waals surface area contributed by atoms with Crippen LogP contribution in [0.15, 0.2) is 12.1 Å². The number of nitrogens with two attached hydrogens (primary N) is 2. The number of nitrogens with zero attached hydrogens (tertiary/aromatic N) is 3. The van der Waals surface area contributed by atoms with Crippen LogP contribution in [0.2, 0.25) is 0 Å². The lowest BCUT2D eigenvalue weighted by Crippen LogP contribution is -2.15. The van der Waals surface area contributed by atoms with E-state index in [2.05, 4.69) is 9.97 Å². The van der Waals surface area contributed by atoms with Crippen molar-refractivity contribution in [2.45, 2.75) is 6.92 Å². The zero-order valence-corrected chi connectivity index (χ0v) is 11.4. The van der Waals surface area contributed by atoms with Crippen LogP contribution in [0.1, 0.15) is 11.1 Å². The Hall–Kier alpha value is -3.01. The quantitative estimate of drug-likeness (QED) is 0.808. The number of anilines is 2. The van der Waals surface area contributed by atoms with Crippen molar-refractivity contribution >= 4 is 11.8 Å². The van der Waals surface area contributed by atoms with Gasteiger partial charge in [0.15, 0.2) is 11.5 Å². The molecule has 2 heterocycles. The highest BCUT2D eigenvalue weighted by molar-refractivity contribution is 5.77. The fraction of sp³-hybridized carbons (Fsp3) is 0.214. The lowest BCUT2D eigenvalue weighted by atomic mass is 10.0. The van der Waals surface area contributed by atoms with E-state index in [0.717, 1.165) is 11.1 Å². The highest BCUT2D eigenvalue weighted by Crippen LogP contribution is 2.38. The molecule has 0 saturated carbocycles. The second kappa shape index (κ2) is 4.83. The van der Waals surface area contributed by atoms with Crippen molar-refractivity contribution in [3.63, 3.8) is 0 Å². The number of aromatic nitrogens is 2. The van der Waals surface area contributed by atoms with Crippen LogP contribution in [0.3, 0.4) is 0 Å². The Balaban J connectivity index is 2.24. The van der Waals surface area contributed by atoms with Crippen LogP contribution in [-0.2, 0) is 0 Å². The first-order valence-corrected chi connectivity index (χ1v) is 6.34. The summed E-state index contributed by atoms with van der Waals surface area (Å²) in [6.07, 6.45) is 0. The van der Waals surface area contributed by atoms with Crippen molar-refractivity contribution in [3.8, 4) is 28.8 Å². The molecule has 1 aliphatic rings. The molecule has 0 unspecified atom stereocenters. The lowest BCUT2D eigenvalue weighted by molar-refractivity contribution is 0.171. The van der Waals surface area contributed by atoms with Crippen LogP contribution in [0.5, 0.6) is 11.5 Å². The van der Waals surface area contributed by atoms with Gasteiger partial charge in [-0.05, 0) is 24.6 Å². The summed E-state index contributed by atoms with van der Waals surface area (Å²) >= 11 is 0. The molecule has 1 aromatic carbocycles. The minimum atomic E-state index is 0.0239. The number of rotatable bonds is 1. The largest absolute Gasteiger partial charge is 0.486 e. The van der Waals surface area contributed by atoms with E-state index < -0.39 is 0 Å². The van der Waals surface area contributed by atoms with Crippen molar-refractivity contribution in [1.29, 1.82) is 5.26 Å². The van der Waals surface area contributed by atoms with E-state index in [1.165, 1.54) is 0 Å². The molecule has 0 amide bonds. The standard InChI is InChI=1S/C14H13N5O2/c1-7-4-10-11(21-3-2-20-10)5-8(7)12-9(6-15)13(16)19-14(17)18-12/h4-5H,2-3H2,1H3,(H4,16,17,18,19). The van der Waals surface area contributed by atoms with E-state index in [9.17, 15) is 5.26 Å². The molecule has 0 aliphatic carbocycles. The summed E-state index contributed by atoms with van der Waals surface area (Å²) in [5.41, 5.74) is 13.6. The molecule has 7 nitrogen and oxygen atoms in total. The lowest BCUT2D eigenvalue weighted by Gasteiger charge is -2.20. The van der Waals surface area contributed by atoms with Crippen LogP contribution in [0, 0.1) is 18.3 Å². The Kier molecular flexibility index (Phi) is 2.99. The van der Waals surface area contributed by atoms with Crippen molar-refractivity contribution in [2.24, 2.45) is 0 Å². The molecule has 3 rings (SSSR count). The number of hydrogen-bond donors (Lipinski definition) is 2. The van der Waals surface area contributed by atoms with E-state index in [-0.39, 0.29) is 17.3 Å². The normalized spacial score (nSPS) is 12.8. The third-order valence-electron chi connectivity index (χ3n) is 3.21. The van der Waals surface area contributed by atoms with Gasteiger partial charge in [-0.1, -0.05) is 0 Å². The minimum Gasteiger partial charge on any atom is -0.486 e. The minimum absolute atomic E-state index is 0.0239. The molecule has 1 aliphatic heterocycles. The molecule has 0 saturated heterocycles. The molecule has 0 bridgehead atoms. The summed E-state index contributed by atoms with van der Waals surface area (Å²) in [6.45, 7) is 2.89. The Morgan fingerprint density at radius 1 is 1.14 bits per heavy atom. The number of benzene rings is 1. The van der Waals surface area contributed by atoms with Crippen molar-refractivity contribution in [1.82, 2.24) is 9.97 Å². The third kappa shape index (κ3) is 2.17. The van der Waals surface area contributed by atoms with Crippen LogP contribution >= 0.6 is 0 Å². The van der Waals surface area contributed by atoms with E-state index in [0.29, 0.717) is 30.4 Å². The Morgan fingerprint density at radius 2 is 1.81 bits per heavy atom. The SMILES string of the molecule is Cc1cc2c(cc1-c1nc(N)nc(N)c1C#N)OCCO2. The fourth-order valence-electron chi connectivity index (χ4n) is 2.25. The van der Waals surface area contributed by atoms with Gasteiger partial charge in [-0.3, -0.25) is 0 Å². The second-order valence-corrected chi connectivity index (χ2v) is 4.61. The van der Waals surface area contributed by atoms with Gasteiger partial charge in [-0.25, -0.2) is 4.98 Å². The zero-order chi connectivity index (χ0) is 15.0. The molecule has 4 N–H and O–H groups in total. The summed E-state index contributed by atoms with van der Waals surface area (Å²) in [7, 11) is 0. The van der Waals surface area contributed by atoms with Gasteiger partial charge in [0.05, 0.1) is 5.69 Å². The van der Waals surface area contributed by atoms with E-state index in [4.69, 9.17) is 20.9 Å². The first-order valence-electron chi connectivity index (χ1n) is 6.34. The molecular formula is C14H13N5O2. The number of nitriles is 1. The Morgan fingerprint density at radius 3 is 2.48 bits per heavy atom. The number of nitrogen functional groups attached to an aromatic ring is 2. The maximum absolute atomic E-state index is 9.27. The summed E-state index contributed by atoms with van der Waals surface area (Å²) in [5, 5.41) is 9.27. The molecule has 21 heavy (non-hydrogen) atoms. The monoisotopic (exact) mass is 283 g/mol. The molecule has 0 spiro atoms. The molecule has 106 valence electrons. The molecule has 1 aromatic heterocycles. The average molecular weight is 283 g/mol. The maximum Gasteiger partial charge on any atom is 0.222 e. The molecule has 2 aromatic rings. The van der Waals surface area contributed by atoms with E-state index in [1.807, 2.05) is 19.1 Å². The van der Waals surface area contributed by atoms with Crippen molar-refractivity contribution in [2.75, 3.05) is 24.7 Å². The Labute approximate surface area is 121 Å². The zero-order valence-electron chi connectivity index (χ0n) is 11.4. The van der Waals surface area contributed by atoms with Crippen LogP contribution in [0.4, 0.5) is 11.8 Å². The van der Waals surface area contributed by atoms with Crippen LogP contribution < -0.4 is 20.9 Å². The summed E-state index contributed by atoms with van der Waals surface area (Å²) in [4.78, 5) is 7.97. The average Bonchev–Trinajstić information content (AvgIpc) is 2.45. The number of hydrogen-bond acceptors (Lipinski definition) is 7. The van der Waals surface area contributed by atoms with E-state index >= 15 is 0 Å². The molecule has 0 atom stereocenters. The van der Waals surface area contributed by atoms with Gasteiger partial charge in [-0.2, -0.15) is 10.2 Å². The van der Waals surface area contributed by atoms with Gasteiger partial charge in [0.25, 0.3) is 0 Å². The predicted molar refractivity (Wildman–Crippen MR) is 76.7 cm³/mol. The topological polar surface area (TPSA) is 120 Å². The fourth-order valence-corrected chi connectivity index (χ4v) is 2.25. The van der Waals surface area contributed by atoms with Gasteiger partial charge < -0.3 is 20.9 Å². The highest BCUT2D eigenvalue weighted by Gasteiger charge is 2.19. The summed E-state index contributed by atoms with van der Waals surface area (Å²) in [5.74, 6) is 1.38. The van der Waals surface area contributed by atoms with Gasteiger partial charge in [0.2, 0.25) is 5.95 Å². The summed E-state index contributed by atoms with van der Waals surface area (Å²) < 4.78 is 11.1.